The van der Waals surface area contributed by atoms with E-state index in [1.54, 1.807) is 6.92 Å². The summed E-state index contributed by atoms with van der Waals surface area (Å²) in [5.74, 6) is -6.54. The van der Waals surface area contributed by atoms with Gasteiger partial charge in [0, 0.05) is 12.1 Å². The Balaban J connectivity index is 2.46. The monoisotopic (exact) mass is 242 g/mol. The number of alkyl halides is 4. The quantitative estimate of drug-likeness (QED) is 0.726. The second-order valence-corrected chi connectivity index (χ2v) is 4.20. The zero-order chi connectivity index (χ0) is 12.4. The molecule has 1 unspecified atom stereocenters. The minimum atomic E-state index is -4.62. The van der Waals surface area contributed by atoms with Crippen molar-refractivity contribution in [2.45, 2.75) is 37.7 Å². The molecule has 1 aliphatic rings. The van der Waals surface area contributed by atoms with E-state index in [9.17, 15) is 22.4 Å². The molecule has 3 nitrogen and oxygen atoms in total. The van der Waals surface area contributed by atoms with Crippen molar-refractivity contribution >= 4 is 5.91 Å². The molecule has 2 N–H and O–H groups in total. The first-order valence-corrected chi connectivity index (χ1v) is 4.97. The summed E-state index contributed by atoms with van der Waals surface area (Å²) >= 11 is 0. The van der Waals surface area contributed by atoms with Gasteiger partial charge in [0.2, 0.25) is 0 Å². The molecule has 1 fully saturated rings. The highest BCUT2D eigenvalue weighted by molar-refractivity contribution is 5.83. The standard InChI is InChI=1S/C9H14F4N2O/c1-8(3-2-4-15-8)5-14-7(16)9(12,13)6(10)11/h6,15H,2-5H2,1H3,(H,14,16). The molecule has 1 rings (SSSR count). The summed E-state index contributed by atoms with van der Waals surface area (Å²) in [5.41, 5.74) is -0.478. The number of halogens is 4. The van der Waals surface area contributed by atoms with Crippen molar-refractivity contribution in [3.8, 4) is 0 Å². The Hall–Kier alpha value is -0.850. The normalized spacial score (nSPS) is 26.1. The molecule has 0 aromatic heterocycles. The second-order valence-electron chi connectivity index (χ2n) is 4.20. The van der Waals surface area contributed by atoms with Crippen LogP contribution in [-0.4, -0.2) is 36.9 Å². The van der Waals surface area contributed by atoms with Crippen LogP contribution in [-0.2, 0) is 4.79 Å². The fourth-order valence-electron chi connectivity index (χ4n) is 1.60. The number of hydrogen-bond acceptors (Lipinski definition) is 2. The predicted molar refractivity (Wildman–Crippen MR) is 49.6 cm³/mol. The van der Waals surface area contributed by atoms with Crippen LogP contribution in [0.4, 0.5) is 17.6 Å². The van der Waals surface area contributed by atoms with Gasteiger partial charge in [0.1, 0.15) is 0 Å². The molecule has 1 amide bonds. The molecule has 0 aromatic carbocycles. The maximum absolute atomic E-state index is 12.6. The first kappa shape index (κ1) is 13.2. The number of carbonyl (C=O) groups is 1. The molecule has 0 saturated carbocycles. The number of carbonyl (C=O) groups excluding carboxylic acids is 1. The summed E-state index contributed by atoms with van der Waals surface area (Å²) in [6.45, 7) is 2.41. The molecular formula is C9H14F4N2O. The highest BCUT2D eigenvalue weighted by Gasteiger charge is 2.49. The predicted octanol–water partition coefficient (Wildman–Crippen LogP) is 1.15. The third-order valence-electron chi connectivity index (χ3n) is 2.67. The van der Waals surface area contributed by atoms with Crippen LogP contribution in [0.1, 0.15) is 19.8 Å². The first-order valence-electron chi connectivity index (χ1n) is 4.97. The average molecular weight is 242 g/mol. The van der Waals surface area contributed by atoms with E-state index in [0.717, 1.165) is 13.0 Å². The Labute approximate surface area is 90.6 Å². The van der Waals surface area contributed by atoms with Crippen LogP contribution in [0.2, 0.25) is 0 Å². The molecule has 1 saturated heterocycles. The molecule has 0 aliphatic carbocycles. The van der Waals surface area contributed by atoms with Gasteiger partial charge in [0.25, 0.3) is 5.91 Å². The summed E-state index contributed by atoms with van der Waals surface area (Å²) < 4.78 is 48.8. The Bertz CT molecular complexity index is 264. The molecule has 0 radical (unpaired) electrons. The number of nitrogens with one attached hydrogen (secondary N) is 2. The van der Waals surface area contributed by atoms with E-state index < -0.39 is 23.8 Å². The Morgan fingerprint density at radius 3 is 2.62 bits per heavy atom. The molecule has 1 aliphatic heterocycles. The van der Waals surface area contributed by atoms with Crippen molar-refractivity contribution < 1.29 is 22.4 Å². The van der Waals surface area contributed by atoms with Gasteiger partial charge in [-0.15, -0.1) is 0 Å². The van der Waals surface area contributed by atoms with Gasteiger partial charge in [0.15, 0.2) is 0 Å². The van der Waals surface area contributed by atoms with Gasteiger partial charge in [-0.3, -0.25) is 4.79 Å². The lowest BCUT2D eigenvalue weighted by atomic mass is 10.0. The van der Waals surface area contributed by atoms with E-state index in [1.165, 1.54) is 0 Å². The Kier molecular flexibility index (Phi) is 3.77. The molecule has 0 spiro atoms. The van der Waals surface area contributed by atoms with Crippen molar-refractivity contribution in [2.24, 2.45) is 0 Å². The molecule has 94 valence electrons. The van der Waals surface area contributed by atoms with Gasteiger partial charge >= 0.3 is 12.3 Å². The minimum Gasteiger partial charge on any atom is -0.349 e. The highest BCUT2D eigenvalue weighted by Crippen LogP contribution is 2.23. The van der Waals surface area contributed by atoms with Crippen molar-refractivity contribution in [3.05, 3.63) is 0 Å². The number of amides is 1. The van der Waals surface area contributed by atoms with Gasteiger partial charge in [-0.25, -0.2) is 8.78 Å². The van der Waals surface area contributed by atoms with Crippen molar-refractivity contribution in [1.29, 1.82) is 0 Å². The second kappa shape index (κ2) is 4.57. The number of rotatable bonds is 4. The Morgan fingerprint density at radius 1 is 1.56 bits per heavy atom. The number of hydrogen-bond donors (Lipinski definition) is 2. The van der Waals surface area contributed by atoms with Crippen LogP contribution in [0.25, 0.3) is 0 Å². The third-order valence-corrected chi connectivity index (χ3v) is 2.67. The molecule has 0 bridgehead atoms. The Morgan fingerprint density at radius 2 is 2.19 bits per heavy atom. The van der Waals surface area contributed by atoms with Gasteiger partial charge in [0.05, 0.1) is 0 Å². The zero-order valence-electron chi connectivity index (χ0n) is 8.83. The van der Waals surface area contributed by atoms with Crippen LogP contribution in [0.5, 0.6) is 0 Å². The minimum absolute atomic E-state index is 0.0753. The van der Waals surface area contributed by atoms with Crippen molar-refractivity contribution in [3.63, 3.8) is 0 Å². The smallest absolute Gasteiger partial charge is 0.349 e. The fraction of sp³-hybridized carbons (Fsp3) is 0.889. The maximum Gasteiger partial charge on any atom is 0.383 e. The summed E-state index contributed by atoms with van der Waals surface area (Å²) in [5, 5.41) is 4.88. The molecule has 7 heteroatoms. The zero-order valence-corrected chi connectivity index (χ0v) is 8.83. The van der Waals surface area contributed by atoms with Gasteiger partial charge in [-0.05, 0) is 26.3 Å². The maximum atomic E-state index is 12.6. The highest BCUT2D eigenvalue weighted by atomic mass is 19.3. The summed E-state index contributed by atoms with van der Waals surface area (Å²) in [4.78, 5) is 10.8. The van der Waals surface area contributed by atoms with Crippen LogP contribution in [0, 0.1) is 0 Å². The van der Waals surface area contributed by atoms with E-state index in [4.69, 9.17) is 0 Å². The van der Waals surface area contributed by atoms with E-state index in [0.29, 0.717) is 6.42 Å². The van der Waals surface area contributed by atoms with Crippen LogP contribution < -0.4 is 10.6 Å². The van der Waals surface area contributed by atoms with Crippen LogP contribution in [0.15, 0.2) is 0 Å². The summed E-state index contributed by atoms with van der Waals surface area (Å²) in [6.07, 6.45) is -2.39. The average Bonchev–Trinajstić information content (AvgIpc) is 2.62. The molecule has 1 atom stereocenters. The largest absolute Gasteiger partial charge is 0.383 e. The molecule has 16 heavy (non-hydrogen) atoms. The van der Waals surface area contributed by atoms with Crippen molar-refractivity contribution in [1.82, 2.24) is 10.6 Å². The van der Waals surface area contributed by atoms with Crippen LogP contribution >= 0.6 is 0 Å². The topological polar surface area (TPSA) is 41.1 Å². The van der Waals surface area contributed by atoms with Gasteiger partial charge < -0.3 is 10.6 Å². The lowest BCUT2D eigenvalue weighted by molar-refractivity contribution is -0.169. The lowest BCUT2D eigenvalue weighted by Gasteiger charge is -2.25. The molecule has 1 heterocycles. The fourth-order valence-corrected chi connectivity index (χ4v) is 1.60. The summed E-state index contributed by atoms with van der Waals surface area (Å²) in [7, 11) is 0. The SMILES string of the molecule is CC1(CNC(=O)C(F)(F)C(F)F)CCCN1. The van der Waals surface area contributed by atoms with E-state index in [-0.39, 0.29) is 6.54 Å². The summed E-state index contributed by atoms with van der Waals surface area (Å²) in [6, 6.07) is 0. The first-order chi connectivity index (χ1) is 7.28. The van der Waals surface area contributed by atoms with Gasteiger partial charge in [-0.1, -0.05) is 0 Å². The van der Waals surface area contributed by atoms with Crippen molar-refractivity contribution in [2.75, 3.05) is 13.1 Å². The van der Waals surface area contributed by atoms with E-state index in [1.807, 2.05) is 5.32 Å². The third kappa shape index (κ3) is 2.84. The van der Waals surface area contributed by atoms with E-state index in [2.05, 4.69) is 5.32 Å². The van der Waals surface area contributed by atoms with Crippen LogP contribution in [0.3, 0.4) is 0 Å². The lowest BCUT2D eigenvalue weighted by Crippen LogP contribution is -2.52. The molecule has 0 aromatic rings. The van der Waals surface area contributed by atoms with Gasteiger partial charge in [-0.2, -0.15) is 8.78 Å². The van der Waals surface area contributed by atoms with E-state index >= 15 is 0 Å². The molecular weight excluding hydrogens is 228 g/mol.